The van der Waals surface area contributed by atoms with E-state index in [0.29, 0.717) is 37.4 Å². The maximum Gasteiger partial charge on any atom is 0.222 e. The molecule has 1 saturated carbocycles. The molecule has 8 heteroatoms. The number of hydrogen-bond acceptors (Lipinski definition) is 5. The summed E-state index contributed by atoms with van der Waals surface area (Å²) in [4.78, 5) is 2.19. The quantitative estimate of drug-likeness (QED) is 0.341. The van der Waals surface area contributed by atoms with Gasteiger partial charge in [0.2, 0.25) is 5.88 Å². The van der Waals surface area contributed by atoms with E-state index in [-0.39, 0.29) is 12.4 Å². The van der Waals surface area contributed by atoms with Crippen molar-refractivity contribution in [3.05, 3.63) is 65.7 Å². The van der Waals surface area contributed by atoms with Crippen molar-refractivity contribution in [2.24, 2.45) is 18.9 Å². The Hall–Kier alpha value is -2.81. The molecule has 1 atom stereocenters. The van der Waals surface area contributed by atoms with E-state index in [0.717, 1.165) is 29.4 Å². The fraction of sp³-hybridized carbons (Fsp3) is 0.464. The normalized spacial score (nSPS) is 14.6. The predicted molar refractivity (Wildman–Crippen MR) is 135 cm³/mol. The number of aliphatic hydroxyl groups is 1. The number of aromatic nitrogens is 2. The Balaban J connectivity index is 1.63. The number of aliphatic hydroxyl groups excluding tert-OH is 1. The Morgan fingerprint density at radius 2 is 1.86 bits per heavy atom. The lowest BCUT2D eigenvalue weighted by atomic mass is 10.1. The first-order chi connectivity index (χ1) is 17.3. The molecule has 1 N–H and O–H groups in total. The number of benzene rings is 2. The molecule has 0 spiro atoms. The van der Waals surface area contributed by atoms with Crippen LogP contribution in [0.25, 0.3) is 11.3 Å². The molecule has 0 bridgehead atoms. The fourth-order valence-electron chi connectivity index (χ4n) is 4.20. The van der Waals surface area contributed by atoms with E-state index in [2.05, 4.69) is 18.7 Å². The van der Waals surface area contributed by atoms with Gasteiger partial charge in [0, 0.05) is 44.9 Å². The van der Waals surface area contributed by atoms with Gasteiger partial charge in [-0.3, -0.25) is 4.90 Å². The SMILES string of the molecule is CC(C)COC[C@@H](O)CN(Cc1c(-c2ccccc2)nn(C)c1Oc1ccc(F)cc1F)CC1CC1. The maximum atomic E-state index is 14.5. The lowest BCUT2D eigenvalue weighted by molar-refractivity contribution is 0.00613. The number of aryl methyl sites for hydroxylation is 1. The minimum absolute atomic E-state index is 0.0730. The van der Waals surface area contributed by atoms with Crippen molar-refractivity contribution < 1.29 is 23.4 Å². The highest BCUT2D eigenvalue weighted by atomic mass is 19.1. The fourth-order valence-corrected chi connectivity index (χ4v) is 4.20. The molecule has 1 aliphatic rings. The standard InChI is InChI=1S/C28H35F2N3O3/c1-19(2)17-35-18-23(34)15-33(14-20-9-10-20)16-24-27(21-7-5-4-6-8-21)31-32(3)28(24)36-26-12-11-22(29)13-25(26)30/h4-8,11-13,19-20,23,34H,9-10,14-18H2,1-3H3/t23-/m0/s1. The van der Waals surface area contributed by atoms with Crippen molar-refractivity contribution in [2.75, 3.05) is 26.3 Å². The number of nitrogens with zero attached hydrogens (tertiary/aromatic N) is 3. The topological polar surface area (TPSA) is 59.8 Å². The molecule has 3 aromatic rings. The molecule has 6 nitrogen and oxygen atoms in total. The summed E-state index contributed by atoms with van der Waals surface area (Å²) in [6.07, 6.45) is 1.69. The van der Waals surface area contributed by atoms with Crippen LogP contribution in [0.15, 0.2) is 48.5 Å². The van der Waals surface area contributed by atoms with Gasteiger partial charge in [0.1, 0.15) is 11.5 Å². The second kappa shape index (κ2) is 12.0. The molecule has 0 amide bonds. The van der Waals surface area contributed by atoms with Crippen molar-refractivity contribution in [1.82, 2.24) is 14.7 Å². The Bertz CT molecular complexity index is 1130. The molecule has 0 radical (unpaired) electrons. The molecule has 1 heterocycles. The first kappa shape index (κ1) is 26.3. The van der Waals surface area contributed by atoms with Gasteiger partial charge in [-0.2, -0.15) is 5.10 Å². The Labute approximate surface area is 211 Å². The third-order valence-electron chi connectivity index (χ3n) is 6.06. The van der Waals surface area contributed by atoms with Gasteiger partial charge >= 0.3 is 0 Å². The molecule has 1 aliphatic carbocycles. The molecule has 0 aliphatic heterocycles. The highest BCUT2D eigenvalue weighted by molar-refractivity contribution is 5.65. The van der Waals surface area contributed by atoms with Crippen LogP contribution in [-0.2, 0) is 18.3 Å². The average Bonchev–Trinajstić information content (AvgIpc) is 3.59. The number of ether oxygens (including phenoxy) is 2. The van der Waals surface area contributed by atoms with Crippen LogP contribution in [0, 0.1) is 23.5 Å². The number of hydrogen-bond donors (Lipinski definition) is 1. The molecule has 4 rings (SSSR count). The molecule has 194 valence electrons. The summed E-state index contributed by atoms with van der Waals surface area (Å²) >= 11 is 0. The highest BCUT2D eigenvalue weighted by Gasteiger charge is 2.29. The van der Waals surface area contributed by atoms with Gasteiger partial charge < -0.3 is 14.6 Å². The van der Waals surface area contributed by atoms with Gasteiger partial charge in [0.15, 0.2) is 11.6 Å². The number of rotatable bonds is 13. The van der Waals surface area contributed by atoms with Gasteiger partial charge in [-0.15, -0.1) is 0 Å². The lowest BCUT2D eigenvalue weighted by Gasteiger charge is -2.26. The van der Waals surface area contributed by atoms with Gasteiger partial charge in [-0.1, -0.05) is 44.2 Å². The monoisotopic (exact) mass is 499 g/mol. The summed E-state index contributed by atoms with van der Waals surface area (Å²) in [5.74, 6) is -0.156. The third kappa shape index (κ3) is 7.12. The summed E-state index contributed by atoms with van der Waals surface area (Å²) in [6.45, 7) is 6.73. The first-order valence-corrected chi connectivity index (χ1v) is 12.5. The second-order valence-corrected chi connectivity index (χ2v) is 10.0. The van der Waals surface area contributed by atoms with Crippen LogP contribution in [-0.4, -0.2) is 52.2 Å². The van der Waals surface area contributed by atoms with Crippen molar-refractivity contribution in [3.63, 3.8) is 0 Å². The number of halogens is 2. The minimum Gasteiger partial charge on any atom is -0.436 e. The summed E-state index contributed by atoms with van der Waals surface area (Å²) < 4.78 is 41.2. The largest absolute Gasteiger partial charge is 0.436 e. The van der Waals surface area contributed by atoms with Crippen LogP contribution < -0.4 is 4.74 Å². The van der Waals surface area contributed by atoms with Gasteiger partial charge in [-0.05, 0) is 36.8 Å². The maximum absolute atomic E-state index is 14.5. The zero-order valence-electron chi connectivity index (χ0n) is 21.2. The van der Waals surface area contributed by atoms with Gasteiger partial charge in [0.25, 0.3) is 0 Å². The van der Waals surface area contributed by atoms with Crippen LogP contribution in [0.5, 0.6) is 11.6 Å². The summed E-state index contributed by atoms with van der Waals surface area (Å²) in [5.41, 5.74) is 2.41. The molecule has 2 aromatic carbocycles. The second-order valence-electron chi connectivity index (χ2n) is 10.0. The van der Waals surface area contributed by atoms with Crippen molar-refractivity contribution in [2.45, 2.75) is 39.3 Å². The summed E-state index contributed by atoms with van der Waals surface area (Å²) in [5, 5.41) is 15.4. The van der Waals surface area contributed by atoms with Crippen LogP contribution in [0.4, 0.5) is 8.78 Å². The lowest BCUT2D eigenvalue weighted by Crippen LogP contribution is -2.36. The van der Waals surface area contributed by atoms with Crippen LogP contribution >= 0.6 is 0 Å². The van der Waals surface area contributed by atoms with Crippen molar-refractivity contribution in [1.29, 1.82) is 0 Å². The van der Waals surface area contributed by atoms with E-state index in [1.807, 2.05) is 30.3 Å². The zero-order chi connectivity index (χ0) is 25.7. The molecule has 0 unspecified atom stereocenters. The van der Waals surface area contributed by atoms with Crippen molar-refractivity contribution in [3.8, 4) is 22.9 Å². The van der Waals surface area contributed by atoms with E-state index in [9.17, 15) is 13.9 Å². The van der Waals surface area contributed by atoms with Gasteiger partial charge in [0.05, 0.1) is 18.3 Å². The van der Waals surface area contributed by atoms with E-state index < -0.39 is 17.7 Å². The molecule has 1 aromatic heterocycles. The molecular weight excluding hydrogens is 464 g/mol. The average molecular weight is 500 g/mol. The predicted octanol–water partition coefficient (Wildman–Crippen LogP) is 5.40. The minimum atomic E-state index is -0.782. The Morgan fingerprint density at radius 3 is 2.53 bits per heavy atom. The van der Waals surface area contributed by atoms with Crippen LogP contribution in [0.1, 0.15) is 32.3 Å². The smallest absolute Gasteiger partial charge is 0.222 e. The molecule has 0 saturated heterocycles. The summed E-state index contributed by atoms with van der Waals surface area (Å²) in [6, 6.07) is 13.0. The van der Waals surface area contributed by atoms with Crippen molar-refractivity contribution >= 4 is 0 Å². The van der Waals surface area contributed by atoms with E-state index in [1.54, 1.807) is 11.7 Å². The van der Waals surface area contributed by atoms with E-state index in [4.69, 9.17) is 14.6 Å². The van der Waals surface area contributed by atoms with Gasteiger partial charge in [-0.25, -0.2) is 13.5 Å². The van der Waals surface area contributed by atoms with Crippen LogP contribution in [0.3, 0.4) is 0 Å². The zero-order valence-corrected chi connectivity index (χ0v) is 21.2. The molecular formula is C28H35F2N3O3. The first-order valence-electron chi connectivity index (χ1n) is 12.5. The Morgan fingerprint density at radius 1 is 1.11 bits per heavy atom. The molecule has 36 heavy (non-hydrogen) atoms. The van der Waals surface area contributed by atoms with E-state index in [1.165, 1.54) is 25.0 Å². The van der Waals surface area contributed by atoms with E-state index >= 15 is 0 Å². The molecule has 1 fully saturated rings. The Kier molecular flexibility index (Phi) is 8.72. The van der Waals surface area contributed by atoms with Crippen LogP contribution in [0.2, 0.25) is 0 Å². The summed E-state index contributed by atoms with van der Waals surface area (Å²) in [7, 11) is 1.74. The third-order valence-corrected chi connectivity index (χ3v) is 6.06. The highest BCUT2D eigenvalue weighted by Crippen LogP contribution is 2.36.